The lowest BCUT2D eigenvalue weighted by molar-refractivity contribution is -0.0161. The Hall–Kier alpha value is -2.91. The summed E-state index contributed by atoms with van der Waals surface area (Å²) in [6.07, 6.45) is 1.85. The zero-order valence-corrected chi connectivity index (χ0v) is 24.9. The fourth-order valence-electron chi connectivity index (χ4n) is 5.23. The van der Waals surface area contributed by atoms with Crippen molar-refractivity contribution in [2.45, 2.75) is 72.4 Å². The number of nitrogens with zero attached hydrogens (tertiary/aromatic N) is 2. The maximum Gasteiger partial charge on any atom is 0.410 e. The van der Waals surface area contributed by atoms with Gasteiger partial charge in [0.15, 0.2) is 0 Å². The molecule has 0 bridgehead atoms. The molecule has 2 aromatic rings. The van der Waals surface area contributed by atoms with E-state index in [2.05, 4.69) is 26.1 Å². The highest BCUT2D eigenvalue weighted by Gasteiger charge is 2.42. The van der Waals surface area contributed by atoms with E-state index in [-0.39, 0.29) is 53.0 Å². The summed E-state index contributed by atoms with van der Waals surface area (Å²) in [5.41, 5.74) is 0.0728. The van der Waals surface area contributed by atoms with Crippen molar-refractivity contribution in [1.29, 1.82) is 0 Å². The van der Waals surface area contributed by atoms with Crippen LogP contribution in [0.2, 0.25) is 4.34 Å². The van der Waals surface area contributed by atoms with Crippen molar-refractivity contribution in [3.05, 3.63) is 50.7 Å². The van der Waals surface area contributed by atoms with Gasteiger partial charge in [-0.15, -0.1) is 11.3 Å². The number of rotatable bonds is 5. The summed E-state index contributed by atoms with van der Waals surface area (Å²) >= 11 is 7.09. The Bertz CT molecular complexity index is 1290. The highest BCUT2D eigenvalue weighted by molar-refractivity contribution is 7.18. The molecule has 2 aliphatic rings. The van der Waals surface area contributed by atoms with Gasteiger partial charge in [-0.05, 0) is 75.6 Å². The molecule has 0 spiro atoms. The number of carbonyl (C=O) groups excluding carboxylic acids is 4. The number of benzene rings is 1. The highest BCUT2D eigenvalue weighted by Crippen LogP contribution is 2.38. The summed E-state index contributed by atoms with van der Waals surface area (Å²) in [6, 6.07) is 8.12. The number of ether oxygens (including phenoxy) is 1. The molecule has 1 aromatic carbocycles. The molecule has 1 fully saturated rings. The van der Waals surface area contributed by atoms with E-state index >= 15 is 0 Å². The van der Waals surface area contributed by atoms with E-state index in [0.717, 1.165) is 24.2 Å². The van der Waals surface area contributed by atoms with E-state index in [1.807, 2.05) is 25.7 Å². The number of hydrogen-bond acceptors (Lipinski definition) is 6. The van der Waals surface area contributed by atoms with Crippen LogP contribution in [0.5, 0.6) is 0 Å². The van der Waals surface area contributed by atoms with Gasteiger partial charge in [0, 0.05) is 19.1 Å². The number of anilines is 1. The van der Waals surface area contributed by atoms with Crippen molar-refractivity contribution in [2.24, 2.45) is 11.3 Å². The van der Waals surface area contributed by atoms with E-state index in [9.17, 15) is 19.2 Å². The molecule has 210 valence electrons. The molecule has 39 heavy (non-hydrogen) atoms. The second-order valence-electron chi connectivity index (χ2n) is 12.3. The minimum atomic E-state index is -0.572. The van der Waals surface area contributed by atoms with Gasteiger partial charge < -0.3 is 15.0 Å². The molecular weight excluding hydrogens is 538 g/mol. The Labute approximate surface area is 238 Å². The fraction of sp³-hybridized carbons (Fsp3) is 0.517. The lowest BCUT2D eigenvalue weighted by atomic mass is 9.76. The van der Waals surface area contributed by atoms with Crippen LogP contribution in [0, 0.1) is 11.3 Å². The third kappa shape index (κ3) is 6.47. The molecule has 4 rings (SSSR count). The first kappa shape index (κ1) is 29.1. The van der Waals surface area contributed by atoms with E-state index in [0.29, 0.717) is 27.9 Å². The first-order valence-electron chi connectivity index (χ1n) is 13.2. The fourth-order valence-corrected chi connectivity index (χ4v) is 6.17. The van der Waals surface area contributed by atoms with Crippen LogP contribution in [0.15, 0.2) is 30.3 Å². The Morgan fingerprint density at radius 2 is 1.79 bits per heavy atom. The molecule has 0 saturated carbocycles. The number of nitrogens with one attached hydrogen (secondary N) is 1. The van der Waals surface area contributed by atoms with Crippen LogP contribution in [0.3, 0.4) is 0 Å². The molecule has 0 aliphatic carbocycles. The number of fused-ring (bicyclic) bond motifs is 1. The van der Waals surface area contributed by atoms with Crippen molar-refractivity contribution in [2.75, 3.05) is 18.4 Å². The van der Waals surface area contributed by atoms with E-state index in [1.54, 1.807) is 30.3 Å². The highest BCUT2D eigenvalue weighted by atomic mass is 35.5. The lowest BCUT2D eigenvalue weighted by Gasteiger charge is -2.46. The topological polar surface area (TPSA) is 96.0 Å². The van der Waals surface area contributed by atoms with Gasteiger partial charge >= 0.3 is 6.09 Å². The smallest absolute Gasteiger partial charge is 0.410 e. The first-order chi connectivity index (χ1) is 18.2. The SMILES string of the molecule is CC(C)(C)OC(=O)N1CCC(CCN2C(=O)c3cccc(NC(=O)c4ccc(Cl)s4)c3C2=O)CC1C(C)(C)C. The van der Waals surface area contributed by atoms with Crippen LogP contribution in [0.4, 0.5) is 10.5 Å². The van der Waals surface area contributed by atoms with E-state index < -0.39 is 11.5 Å². The molecule has 2 aliphatic heterocycles. The van der Waals surface area contributed by atoms with Crippen molar-refractivity contribution in [1.82, 2.24) is 9.80 Å². The Balaban J connectivity index is 1.44. The minimum absolute atomic E-state index is 0.0270. The average molecular weight is 574 g/mol. The molecule has 1 aromatic heterocycles. The van der Waals surface area contributed by atoms with E-state index in [4.69, 9.17) is 16.3 Å². The Kier molecular flexibility index (Phi) is 8.15. The lowest BCUT2D eigenvalue weighted by Crippen LogP contribution is -2.53. The normalized spacial score (nSPS) is 19.8. The number of piperidine rings is 1. The van der Waals surface area contributed by atoms with Crippen LogP contribution in [0.1, 0.15) is 91.2 Å². The standard InChI is InChI=1S/C29H36ClN3O5S/c1-28(2,3)21-16-17(12-14-32(21)27(37)38-29(4,5)6)13-15-33-25(35)18-8-7-9-19(23(18)26(33)36)31-24(34)20-10-11-22(30)39-20/h7-11,17,21H,12-16H2,1-6H3,(H,31,34). The van der Waals surface area contributed by atoms with Crippen molar-refractivity contribution in [3.8, 4) is 0 Å². The van der Waals surface area contributed by atoms with Gasteiger partial charge in [0.1, 0.15) is 5.60 Å². The molecule has 10 heteroatoms. The van der Waals surface area contributed by atoms with Crippen molar-refractivity contribution >= 4 is 52.4 Å². The zero-order chi connectivity index (χ0) is 28.7. The number of amides is 4. The van der Waals surface area contributed by atoms with Crippen LogP contribution >= 0.6 is 22.9 Å². The van der Waals surface area contributed by atoms with Crippen LogP contribution in [-0.2, 0) is 4.74 Å². The van der Waals surface area contributed by atoms with Crippen molar-refractivity contribution in [3.63, 3.8) is 0 Å². The van der Waals surface area contributed by atoms with Gasteiger partial charge in [0.2, 0.25) is 0 Å². The maximum absolute atomic E-state index is 13.4. The molecular formula is C29H36ClN3O5S. The summed E-state index contributed by atoms with van der Waals surface area (Å²) in [6.45, 7) is 12.8. The largest absolute Gasteiger partial charge is 0.444 e. The molecule has 3 heterocycles. The number of carbonyl (C=O) groups is 4. The average Bonchev–Trinajstić information content (AvgIpc) is 3.37. The summed E-state index contributed by atoms with van der Waals surface area (Å²) in [5.74, 6) is -0.915. The van der Waals surface area contributed by atoms with Crippen LogP contribution in [0.25, 0.3) is 0 Å². The number of likely N-dealkylation sites (tertiary alicyclic amines) is 1. The Morgan fingerprint density at radius 3 is 2.41 bits per heavy atom. The number of hydrogen-bond donors (Lipinski definition) is 1. The minimum Gasteiger partial charge on any atom is -0.444 e. The zero-order valence-electron chi connectivity index (χ0n) is 23.3. The summed E-state index contributed by atoms with van der Waals surface area (Å²) in [7, 11) is 0. The first-order valence-corrected chi connectivity index (χ1v) is 14.4. The Morgan fingerprint density at radius 1 is 1.08 bits per heavy atom. The molecule has 8 nitrogen and oxygen atoms in total. The number of imide groups is 1. The summed E-state index contributed by atoms with van der Waals surface area (Å²) in [5, 5.41) is 2.77. The van der Waals surface area contributed by atoms with Crippen molar-refractivity contribution < 1.29 is 23.9 Å². The molecule has 0 radical (unpaired) electrons. The number of thiophene rings is 1. The van der Waals surface area contributed by atoms with Gasteiger partial charge in [-0.2, -0.15) is 0 Å². The summed E-state index contributed by atoms with van der Waals surface area (Å²) in [4.78, 5) is 55.7. The second kappa shape index (κ2) is 10.9. The van der Waals surface area contributed by atoms with Gasteiger partial charge in [-0.3, -0.25) is 19.3 Å². The molecule has 2 unspecified atom stereocenters. The molecule has 4 amide bonds. The van der Waals surface area contributed by atoms with Crippen LogP contribution < -0.4 is 5.32 Å². The van der Waals surface area contributed by atoms with Gasteiger partial charge in [0.25, 0.3) is 17.7 Å². The quantitative estimate of drug-likeness (QED) is 0.401. The van der Waals surface area contributed by atoms with Crippen LogP contribution in [-0.4, -0.2) is 58.3 Å². The van der Waals surface area contributed by atoms with E-state index in [1.165, 1.54) is 4.90 Å². The number of halogens is 1. The second-order valence-corrected chi connectivity index (χ2v) is 14.0. The predicted molar refractivity (Wildman–Crippen MR) is 153 cm³/mol. The predicted octanol–water partition coefficient (Wildman–Crippen LogP) is 6.70. The monoisotopic (exact) mass is 573 g/mol. The maximum atomic E-state index is 13.4. The van der Waals surface area contributed by atoms with Gasteiger partial charge in [-0.25, -0.2) is 4.79 Å². The third-order valence-electron chi connectivity index (χ3n) is 7.14. The molecule has 2 atom stereocenters. The summed E-state index contributed by atoms with van der Waals surface area (Å²) < 4.78 is 6.15. The third-order valence-corrected chi connectivity index (χ3v) is 8.37. The molecule has 1 N–H and O–H groups in total. The molecule has 1 saturated heterocycles. The van der Waals surface area contributed by atoms with Gasteiger partial charge in [0.05, 0.1) is 26.0 Å². The van der Waals surface area contributed by atoms with Gasteiger partial charge in [-0.1, -0.05) is 38.4 Å².